The van der Waals surface area contributed by atoms with Crippen molar-refractivity contribution >= 4 is 23.2 Å². The lowest BCUT2D eigenvalue weighted by molar-refractivity contribution is 0.144. The van der Waals surface area contributed by atoms with Gasteiger partial charge in [-0.25, -0.2) is 0 Å². The Bertz CT molecular complexity index is 393. The van der Waals surface area contributed by atoms with Gasteiger partial charge >= 0.3 is 0 Å². The minimum atomic E-state index is 0.630. The highest BCUT2D eigenvalue weighted by Gasteiger charge is 2.21. The molecule has 1 aromatic carbocycles. The van der Waals surface area contributed by atoms with Gasteiger partial charge in [-0.15, -0.1) is 0 Å². The monoisotopic (exact) mass is 286 g/mol. The smallest absolute Gasteiger partial charge is 0.0595 e. The van der Waals surface area contributed by atoms with Gasteiger partial charge in [-0.3, -0.25) is 4.90 Å². The third-order valence-corrected chi connectivity index (χ3v) is 4.20. The summed E-state index contributed by atoms with van der Waals surface area (Å²) in [5, 5.41) is 4.75. The van der Waals surface area contributed by atoms with Crippen LogP contribution in [0.1, 0.15) is 25.3 Å². The minimum absolute atomic E-state index is 0.630. The standard InChI is InChI=1S/C14H20Cl2N2/c1-2-3-12-9-17-6-7-18(12)10-11-4-5-13(15)14(16)8-11/h4-5,8,12,17H,2-3,6-7,9-10H2,1H3. The van der Waals surface area contributed by atoms with E-state index >= 15 is 0 Å². The molecule has 1 N–H and O–H groups in total. The van der Waals surface area contributed by atoms with Crippen molar-refractivity contribution in [3.8, 4) is 0 Å². The van der Waals surface area contributed by atoms with E-state index in [9.17, 15) is 0 Å². The molecule has 1 atom stereocenters. The number of hydrogen-bond acceptors (Lipinski definition) is 2. The highest BCUT2D eigenvalue weighted by molar-refractivity contribution is 6.42. The lowest BCUT2D eigenvalue weighted by Gasteiger charge is -2.36. The topological polar surface area (TPSA) is 15.3 Å². The Morgan fingerprint density at radius 1 is 1.33 bits per heavy atom. The first-order valence-corrected chi connectivity index (χ1v) is 7.35. The summed E-state index contributed by atoms with van der Waals surface area (Å²) in [5.41, 5.74) is 1.24. The van der Waals surface area contributed by atoms with Gasteiger partial charge in [0.15, 0.2) is 0 Å². The zero-order valence-corrected chi connectivity index (χ0v) is 12.3. The molecule has 0 saturated carbocycles. The first-order valence-electron chi connectivity index (χ1n) is 6.59. The summed E-state index contributed by atoms with van der Waals surface area (Å²) in [6.45, 7) is 6.47. The highest BCUT2D eigenvalue weighted by atomic mass is 35.5. The number of hydrogen-bond donors (Lipinski definition) is 1. The molecule has 4 heteroatoms. The summed E-state index contributed by atoms with van der Waals surface area (Å²) in [6, 6.07) is 6.57. The average Bonchev–Trinajstić information content (AvgIpc) is 2.37. The fourth-order valence-corrected chi connectivity index (χ4v) is 2.82. The summed E-state index contributed by atoms with van der Waals surface area (Å²) in [5.74, 6) is 0. The maximum absolute atomic E-state index is 6.07. The molecule has 0 aromatic heterocycles. The van der Waals surface area contributed by atoms with Crippen LogP contribution in [-0.2, 0) is 6.54 Å². The molecular weight excluding hydrogens is 267 g/mol. The van der Waals surface area contributed by atoms with Crippen LogP contribution < -0.4 is 5.32 Å². The van der Waals surface area contributed by atoms with Gasteiger partial charge in [0.25, 0.3) is 0 Å². The zero-order valence-electron chi connectivity index (χ0n) is 10.8. The molecule has 0 radical (unpaired) electrons. The summed E-state index contributed by atoms with van der Waals surface area (Å²) in [7, 11) is 0. The number of piperazine rings is 1. The zero-order chi connectivity index (χ0) is 13.0. The second-order valence-corrected chi connectivity index (χ2v) is 5.68. The van der Waals surface area contributed by atoms with E-state index < -0.39 is 0 Å². The van der Waals surface area contributed by atoms with E-state index in [4.69, 9.17) is 23.2 Å². The highest BCUT2D eigenvalue weighted by Crippen LogP contribution is 2.24. The molecule has 18 heavy (non-hydrogen) atoms. The van der Waals surface area contributed by atoms with Gasteiger partial charge in [-0.2, -0.15) is 0 Å². The van der Waals surface area contributed by atoms with Crippen molar-refractivity contribution in [2.75, 3.05) is 19.6 Å². The minimum Gasteiger partial charge on any atom is -0.314 e. The third-order valence-electron chi connectivity index (χ3n) is 3.46. The Kier molecular flexibility index (Phi) is 5.31. The Morgan fingerprint density at radius 2 is 2.17 bits per heavy atom. The van der Waals surface area contributed by atoms with Crippen molar-refractivity contribution in [2.24, 2.45) is 0 Å². The predicted octanol–water partition coefficient (Wildman–Crippen LogP) is 3.57. The van der Waals surface area contributed by atoms with Gasteiger partial charge in [0.05, 0.1) is 10.0 Å². The fraction of sp³-hybridized carbons (Fsp3) is 0.571. The molecule has 1 fully saturated rings. The summed E-state index contributed by atoms with van der Waals surface area (Å²) in [4.78, 5) is 2.54. The van der Waals surface area contributed by atoms with Crippen LogP contribution in [0.2, 0.25) is 10.0 Å². The van der Waals surface area contributed by atoms with E-state index in [1.807, 2.05) is 12.1 Å². The molecule has 1 aliphatic heterocycles. The Balaban J connectivity index is 2.03. The molecule has 1 heterocycles. The van der Waals surface area contributed by atoms with E-state index in [1.54, 1.807) is 0 Å². The lowest BCUT2D eigenvalue weighted by Crippen LogP contribution is -2.50. The van der Waals surface area contributed by atoms with E-state index in [0.717, 1.165) is 26.2 Å². The largest absolute Gasteiger partial charge is 0.314 e. The number of halogens is 2. The molecule has 0 aliphatic carbocycles. The summed E-state index contributed by atoms with van der Waals surface area (Å²) in [6.07, 6.45) is 2.47. The van der Waals surface area contributed by atoms with E-state index in [2.05, 4.69) is 23.2 Å². The van der Waals surface area contributed by atoms with Crippen molar-refractivity contribution in [3.63, 3.8) is 0 Å². The van der Waals surface area contributed by atoms with Gasteiger partial charge < -0.3 is 5.32 Å². The third kappa shape index (κ3) is 3.61. The molecule has 0 bridgehead atoms. The molecule has 2 rings (SSSR count). The van der Waals surface area contributed by atoms with Crippen molar-refractivity contribution in [1.29, 1.82) is 0 Å². The maximum Gasteiger partial charge on any atom is 0.0595 e. The number of benzene rings is 1. The fourth-order valence-electron chi connectivity index (χ4n) is 2.50. The number of nitrogens with zero attached hydrogens (tertiary/aromatic N) is 1. The van der Waals surface area contributed by atoms with E-state index in [-0.39, 0.29) is 0 Å². The van der Waals surface area contributed by atoms with Crippen LogP contribution in [0.4, 0.5) is 0 Å². The molecule has 0 amide bonds. The summed E-state index contributed by atoms with van der Waals surface area (Å²) < 4.78 is 0. The van der Waals surface area contributed by atoms with Crippen LogP contribution in [0.25, 0.3) is 0 Å². The van der Waals surface area contributed by atoms with Crippen LogP contribution in [0.15, 0.2) is 18.2 Å². The normalized spacial score (nSPS) is 21.2. The average molecular weight is 287 g/mol. The van der Waals surface area contributed by atoms with Gasteiger partial charge in [-0.1, -0.05) is 42.6 Å². The van der Waals surface area contributed by atoms with Gasteiger partial charge in [-0.05, 0) is 24.1 Å². The molecule has 1 saturated heterocycles. The molecule has 2 nitrogen and oxygen atoms in total. The second kappa shape index (κ2) is 6.76. The number of nitrogens with one attached hydrogen (secondary N) is 1. The molecule has 100 valence electrons. The molecule has 0 spiro atoms. The Labute approximate surface area is 119 Å². The van der Waals surface area contributed by atoms with E-state index in [1.165, 1.54) is 18.4 Å². The van der Waals surface area contributed by atoms with Crippen LogP contribution >= 0.6 is 23.2 Å². The molecular formula is C14H20Cl2N2. The van der Waals surface area contributed by atoms with Crippen LogP contribution in [0.3, 0.4) is 0 Å². The lowest BCUT2D eigenvalue weighted by atomic mass is 10.1. The van der Waals surface area contributed by atoms with Crippen molar-refractivity contribution < 1.29 is 0 Å². The summed E-state index contributed by atoms with van der Waals surface area (Å²) >= 11 is 12.0. The van der Waals surface area contributed by atoms with Crippen molar-refractivity contribution in [3.05, 3.63) is 33.8 Å². The molecule has 1 aliphatic rings. The van der Waals surface area contributed by atoms with Gasteiger partial charge in [0, 0.05) is 32.2 Å². The predicted molar refractivity (Wildman–Crippen MR) is 78.4 cm³/mol. The van der Waals surface area contributed by atoms with Crippen LogP contribution in [-0.4, -0.2) is 30.6 Å². The van der Waals surface area contributed by atoms with E-state index in [0.29, 0.717) is 16.1 Å². The van der Waals surface area contributed by atoms with Crippen molar-refractivity contribution in [2.45, 2.75) is 32.4 Å². The second-order valence-electron chi connectivity index (χ2n) is 4.87. The Morgan fingerprint density at radius 3 is 2.89 bits per heavy atom. The molecule has 1 unspecified atom stereocenters. The first kappa shape index (κ1) is 14.1. The quantitative estimate of drug-likeness (QED) is 0.910. The van der Waals surface area contributed by atoms with Crippen LogP contribution in [0, 0.1) is 0 Å². The van der Waals surface area contributed by atoms with Gasteiger partial charge in [0.2, 0.25) is 0 Å². The molecule has 1 aromatic rings. The SMILES string of the molecule is CCCC1CNCCN1Cc1ccc(Cl)c(Cl)c1. The van der Waals surface area contributed by atoms with Crippen molar-refractivity contribution in [1.82, 2.24) is 10.2 Å². The van der Waals surface area contributed by atoms with Gasteiger partial charge in [0.1, 0.15) is 0 Å². The Hall–Kier alpha value is -0.280. The number of rotatable bonds is 4. The first-order chi connectivity index (χ1) is 8.70. The maximum atomic E-state index is 6.07. The van der Waals surface area contributed by atoms with Crippen LogP contribution in [0.5, 0.6) is 0 Å².